The minimum atomic E-state index is -5.17. The molecule has 0 radical (unpaired) electrons. The van der Waals surface area contributed by atoms with Crippen molar-refractivity contribution in [1.82, 2.24) is 9.80 Å². The molecule has 17 heteroatoms. The van der Waals surface area contributed by atoms with Crippen molar-refractivity contribution < 1.29 is 116 Å². The molecule has 0 unspecified atom stereocenters. The Labute approximate surface area is 198 Å². The summed E-state index contributed by atoms with van der Waals surface area (Å²) < 4.78 is 34.1. The minimum Gasteiger partial charge on any atom is -0.759 e. The van der Waals surface area contributed by atoms with Gasteiger partial charge in [0.1, 0.15) is 0 Å². The second kappa shape index (κ2) is 17.7. The van der Waals surface area contributed by atoms with Gasteiger partial charge in [-0.2, -0.15) is 0 Å². The Hall–Kier alpha value is -0.330. The molecule has 0 aliphatic heterocycles. The molecule has 0 saturated carbocycles. The van der Waals surface area contributed by atoms with E-state index in [-0.39, 0.29) is 72.2 Å². The SMILES string of the molecule is O=C(O)CN(CCN(CC(=O)O)CC(=O)O)CC(=O)O.O=S(=O)([O-])[O-].[Na+].[Na+]. The van der Waals surface area contributed by atoms with E-state index in [0.717, 1.165) is 9.80 Å². The van der Waals surface area contributed by atoms with Gasteiger partial charge >= 0.3 is 83.0 Å². The van der Waals surface area contributed by atoms with Gasteiger partial charge in [0.2, 0.25) is 0 Å². The van der Waals surface area contributed by atoms with Crippen LogP contribution < -0.4 is 59.1 Å². The number of hydrogen-bond donors (Lipinski definition) is 4. The van der Waals surface area contributed by atoms with Crippen LogP contribution in [0.1, 0.15) is 0 Å². The summed E-state index contributed by atoms with van der Waals surface area (Å²) in [6.07, 6.45) is 0. The molecule has 0 heterocycles. The molecule has 146 valence electrons. The fourth-order valence-electron chi connectivity index (χ4n) is 1.48. The summed E-state index contributed by atoms with van der Waals surface area (Å²) in [5.74, 6) is -4.91. The van der Waals surface area contributed by atoms with E-state index in [2.05, 4.69) is 0 Å². The summed E-state index contributed by atoms with van der Waals surface area (Å²) in [4.78, 5) is 44.4. The van der Waals surface area contributed by atoms with E-state index in [9.17, 15) is 19.2 Å². The molecule has 14 nitrogen and oxygen atoms in total. The van der Waals surface area contributed by atoms with Crippen LogP contribution in [-0.4, -0.2) is 111 Å². The zero-order valence-electron chi connectivity index (χ0n) is 14.6. The van der Waals surface area contributed by atoms with Gasteiger partial charge in [-0.25, -0.2) is 0 Å². The molecule has 0 aromatic rings. The molecule has 4 N–H and O–H groups in total. The number of carbonyl (C=O) groups is 4. The first-order valence-corrected chi connectivity index (χ1v) is 7.52. The molecule has 0 fully saturated rings. The van der Waals surface area contributed by atoms with Crippen LogP contribution in [-0.2, 0) is 29.6 Å². The van der Waals surface area contributed by atoms with Crippen molar-refractivity contribution in [1.29, 1.82) is 0 Å². The molecule has 0 aliphatic carbocycles. The van der Waals surface area contributed by atoms with Gasteiger partial charge in [0.25, 0.3) is 0 Å². The molecule has 0 saturated heterocycles. The Bertz CT molecular complexity index is 509. The average Bonchev–Trinajstić information content (AvgIpc) is 2.30. The van der Waals surface area contributed by atoms with Gasteiger partial charge in [-0.1, -0.05) is 0 Å². The number of aliphatic carboxylic acids is 4. The maximum absolute atomic E-state index is 10.6. The molecular formula is C10H16N2Na2O12S. The zero-order chi connectivity index (χ0) is 20.2. The van der Waals surface area contributed by atoms with Crippen LogP contribution in [0.15, 0.2) is 0 Å². The fourth-order valence-corrected chi connectivity index (χ4v) is 1.48. The molecule has 0 aliphatic rings. The third-order valence-electron chi connectivity index (χ3n) is 2.17. The molecule has 0 aromatic heterocycles. The van der Waals surface area contributed by atoms with Crippen molar-refractivity contribution in [3.05, 3.63) is 0 Å². The van der Waals surface area contributed by atoms with E-state index in [1.165, 1.54) is 0 Å². The number of carboxylic acids is 4. The minimum absolute atomic E-state index is 0. The topological polar surface area (TPSA) is 236 Å². The van der Waals surface area contributed by atoms with Crippen molar-refractivity contribution in [3.8, 4) is 0 Å². The van der Waals surface area contributed by atoms with Crippen molar-refractivity contribution in [2.45, 2.75) is 0 Å². The summed E-state index contributed by atoms with van der Waals surface area (Å²) in [6.45, 7) is -2.25. The summed E-state index contributed by atoms with van der Waals surface area (Å²) in [7, 11) is -5.17. The molecule has 0 spiro atoms. The van der Waals surface area contributed by atoms with Gasteiger partial charge < -0.3 is 29.5 Å². The molecule has 27 heavy (non-hydrogen) atoms. The van der Waals surface area contributed by atoms with Crippen molar-refractivity contribution in [2.24, 2.45) is 0 Å². The molecule has 0 aromatic carbocycles. The van der Waals surface area contributed by atoms with Crippen LogP contribution >= 0.6 is 0 Å². The quantitative estimate of drug-likeness (QED) is 0.134. The van der Waals surface area contributed by atoms with Crippen LogP contribution in [0.2, 0.25) is 0 Å². The summed E-state index contributed by atoms with van der Waals surface area (Å²) in [5.41, 5.74) is 0. The first-order chi connectivity index (χ1) is 11.2. The maximum atomic E-state index is 10.6. The van der Waals surface area contributed by atoms with E-state index in [1.807, 2.05) is 0 Å². The molecule has 0 amide bonds. The van der Waals surface area contributed by atoms with Crippen molar-refractivity contribution in [2.75, 3.05) is 39.3 Å². The Morgan fingerprint density at radius 3 is 0.889 bits per heavy atom. The van der Waals surface area contributed by atoms with Gasteiger partial charge in [0.15, 0.2) is 0 Å². The number of hydrogen-bond acceptors (Lipinski definition) is 10. The van der Waals surface area contributed by atoms with Gasteiger partial charge in [-0.3, -0.25) is 37.4 Å². The Balaban J connectivity index is -0.000000333. The van der Waals surface area contributed by atoms with Crippen LogP contribution in [0, 0.1) is 0 Å². The van der Waals surface area contributed by atoms with E-state index in [4.69, 9.17) is 37.9 Å². The Kier molecular flexibility index (Phi) is 22.5. The molecule has 0 bridgehead atoms. The van der Waals surface area contributed by atoms with Crippen LogP contribution in [0.3, 0.4) is 0 Å². The second-order valence-corrected chi connectivity index (χ2v) is 5.22. The first kappa shape index (κ1) is 34.2. The largest absolute Gasteiger partial charge is 1.00 e. The van der Waals surface area contributed by atoms with Crippen molar-refractivity contribution in [3.63, 3.8) is 0 Å². The van der Waals surface area contributed by atoms with Gasteiger partial charge in [-0.15, -0.1) is 0 Å². The smallest absolute Gasteiger partial charge is 0.759 e. The number of rotatable bonds is 11. The summed E-state index contributed by atoms with van der Waals surface area (Å²) >= 11 is 0. The Morgan fingerprint density at radius 2 is 0.778 bits per heavy atom. The number of nitrogens with zero attached hydrogens (tertiary/aromatic N) is 2. The third kappa shape index (κ3) is 33.7. The van der Waals surface area contributed by atoms with Gasteiger partial charge in [0.05, 0.1) is 26.2 Å². The third-order valence-corrected chi connectivity index (χ3v) is 2.17. The molecule has 0 atom stereocenters. The van der Waals surface area contributed by atoms with Gasteiger partial charge in [-0.05, 0) is 0 Å². The van der Waals surface area contributed by atoms with E-state index in [0.29, 0.717) is 0 Å². The predicted molar refractivity (Wildman–Crippen MR) is 73.9 cm³/mol. The first-order valence-electron chi connectivity index (χ1n) is 6.19. The molecular weight excluding hydrogens is 418 g/mol. The van der Waals surface area contributed by atoms with Crippen LogP contribution in [0.4, 0.5) is 0 Å². The number of carboxylic acid groups (broad SMARTS) is 4. The van der Waals surface area contributed by atoms with Crippen LogP contribution in [0.25, 0.3) is 0 Å². The monoisotopic (exact) mass is 434 g/mol. The average molecular weight is 434 g/mol. The van der Waals surface area contributed by atoms with E-state index in [1.54, 1.807) is 0 Å². The second-order valence-electron chi connectivity index (χ2n) is 4.40. The van der Waals surface area contributed by atoms with Crippen molar-refractivity contribution >= 4 is 34.3 Å². The van der Waals surface area contributed by atoms with Gasteiger partial charge in [0, 0.05) is 23.5 Å². The predicted octanol–water partition coefficient (Wildman–Crippen LogP) is -9.40. The Morgan fingerprint density at radius 1 is 0.630 bits per heavy atom. The summed E-state index contributed by atoms with van der Waals surface area (Å²) in [5, 5.41) is 34.5. The van der Waals surface area contributed by atoms with Crippen LogP contribution in [0.5, 0.6) is 0 Å². The zero-order valence-corrected chi connectivity index (χ0v) is 19.4. The van der Waals surface area contributed by atoms with E-state index < -0.39 is 60.5 Å². The normalized spacial score (nSPS) is 10.1. The molecule has 0 rings (SSSR count). The standard InChI is InChI=1S/C10H16N2O8.2Na.H2O4S/c13-7(14)3-11(4-8(15)16)1-2-12(5-9(17)18)6-10(19)20;;;1-5(2,3)4/h1-6H2,(H,13,14)(H,15,16)(H,17,18)(H,19,20);;;(H2,1,2,3,4)/q;2*+1;/p-2. The maximum Gasteiger partial charge on any atom is 1.00 e. The van der Waals surface area contributed by atoms with E-state index >= 15 is 0 Å². The summed E-state index contributed by atoms with van der Waals surface area (Å²) in [6, 6.07) is 0. The fraction of sp³-hybridized carbons (Fsp3) is 0.600.